The third-order valence-corrected chi connectivity index (χ3v) is 5.78. The van der Waals surface area contributed by atoms with Gasteiger partial charge in [0.05, 0.1) is 40.9 Å². The number of carbonyl (C=O) groups excluding carboxylic acids is 1. The van der Waals surface area contributed by atoms with Gasteiger partial charge in [-0.3, -0.25) is 4.79 Å². The van der Waals surface area contributed by atoms with Gasteiger partial charge in [0.1, 0.15) is 0 Å². The second-order valence-corrected chi connectivity index (χ2v) is 7.12. The predicted octanol–water partition coefficient (Wildman–Crippen LogP) is 2.95. The van der Waals surface area contributed by atoms with Crippen molar-refractivity contribution < 1.29 is 23.7 Å². The Bertz CT molecular complexity index is 924. The van der Waals surface area contributed by atoms with Crippen molar-refractivity contribution in [2.45, 2.75) is 25.3 Å². The Morgan fingerprint density at radius 2 is 1.32 bits per heavy atom. The van der Waals surface area contributed by atoms with Gasteiger partial charge in [-0.2, -0.15) is 0 Å². The van der Waals surface area contributed by atoms with Gasteiger partial charge < -0.3 is 23.8 Å². The zero-order valence-corrected chi connectivity index (χ0v) is 16.7. The molecule has 0 bridgehead atoms. The minimum Gasteiger partial charge on any atom is -0.493 e. The highest BCUT2D eigenvalue weighted by Crippen LogP contribution is 2.42. The first-order valence-electron chi connectivity index (χ1n) is 9.37. The lowest BCUT2D eigenvalue weighted by molar-refractivity contribution is -0.133. The lowest BCUT2D eigenvalue weighted by Crippen LogP contribution is -2.40. The van der Waals surface area contributed by atoms with E-state index in [2.05, 4.69) is 0 Å². The van der Waals surface area contributed by atoms with Crippen LogP contribution < -0.4 is 18.9 Å². The summed E-state index contributed by atoms with van der Waals surface area (Å²) < 4.78 is 21.9. The van der Waals surface area contributed by atoms with Crippen LogP contribution in [0.5, 0.6) is 23.0 Å². The van der Waals surface area contributed by atoms with Crippen LogP contribution >= 0.6 is 0 Å². The Labute approximate surface area is 165 Å². The Balaban J connectivity index is 1.82. The topological polar surface area (TPSA) is 57.2 Å². The number of methoxy groups -OCH3 is 4. The van der Waals surface area contributed by atoms with Crippen LogP contribution in [0.1, 0.15) is 28.3 Å². The molecule has 0 fully saturated rings. The molecule has 28 heavy (non-hydrogen) atoms. The molecule has 2 aromatic rings. The monoisotopic (exact) mass is 383 g/mol. The van der Waals surface area contributed by atoms with Crippen molar-refractivity contribution in [1.29, 1.82) is 0 Å². The summed E-state index contributed by atoms with van der Waals surface area (Å²) in [4.78, 5) is 15.0. The highest BCUT2D eigenvalue weighted by atomic mass is 16.5. The maximum absolute atomic E-state index is 13.1. The van der Waals surface area contributed by atoms with Gasteiger partial charge in [-0.15, -0.1) is 0 Å². The third kappa shape index (κ3) is 2.93. The number of nitrogens with zero attached hydrogens (tertiary/aromatic N) is 1. The lowest BCUT2D eigenvalue weighted by atomic mass is 9.88. The largest absolute Gasteiger partial charge is 0.493 e. The molecule has 1 unspecified atom stereocenters. The number of benzene rings is 2. The van der Waals surface area contributed by atoms with Crippen LogP contribution in [0.2, 0.25) is 0 Å². The van der Waals surface area contributed by atoms with Crippen LogP contribution in [0, 0.1) is 0 Å². The van der Waals surface area contributed by atoms with Crippen molar-refractivity contribution in [2.75, 3.05) is 35.0 Å². The van der Waals surface area contributed by atoms with Crippen molar-refractivity contribution in [2.24, 2.45) is 0 Å². The van der Waals surface area contributed by atoms with Crippen molar-refractivity contribution in [3.05, 3.63) is 46.5 Å². The van der Waals surface area contributed by atoms with Crippen LogP contribution in [0.25, 0.3) is 0 Å². The molecular formula is C22H25NO5. The summed E-state index contributed by atoms with van der Waals surface area (Å²) in [6.07, 6.45) is 1.90. The van der Waals surface area contributed by atoms with Crippen molar-refractivity contribution in [3.63, 3.8) is 0 Å². The number of ether oxygens (including phenoxy) is 4. The smallest absolute Gasteiger partial charge is 0.227 e. The van der Waals surface area contributed by atoms with Crippen LogP contribution in [-0.2, 0) is 24.1 Å². The molecule has 6 heteroatoms. The molecule has 1 amide bonds. The molecule has 0 aliphatic carbocycles. The predicted molar refractivity (Wildman–Crippen MR) is 105 cm³/mol. The average molecular weight is 383 g/mol. The zero-order valence-electron chi connectivity index (χ0n) is 16.7. The summed E-state index contributed by atoms with van der Waals surface area (Å²) in [5.74, 6) is 2.89. The lowest BCUT2D eigenvalue weighted by Gasteiger charge is -2.36. The fourth-order valence-electron chi connectivity index (χ4n) is 4.34. The van der Waals surface area contributed by atoms with Crippen LogP contribution in [-0.4, -0.2) is 45.8 Å². The van der Waals surface area contributed by atoms with Gasteiger partial charge >= 0.3 is 0 Å². The maximum atomic E-state index is 13.1. The van der Waals surface area contributed by atoms with Gasteiger partial charge in [-0.05, 0) is 59.4 Å². The van der Waals surface area contributed by atoms with E-state index in [1.807, 2.05) is 29.2 Å². The van der Waals surface area contributed by atoms with E-state index in [9.17, 15) is 4.79 Å². The number of hydrogen-bond acceptors (Lipinski definition) is 5. The van der Waals surface area contributed by atoms with Crippen molar-refractivity contribution in [1.82, 2.24) is 4.90 Å². The first-order chi connectivity index (χ1) is 13.6. The minimum absolute atomic E-state index is 0.0320. The summed E-state index contributed by atoms with van der Waals surface area (Å²) >= 11 is 0. The van der Waals surface area contributed by atoms with E-state index in [1.165, 1.54) is 5.56 Å². The van der Waals surface area contributed by atoms with Crippen LogP contribution in [0.4, 0.5) is 0 Å². The molecule has 0 spiro atoms. The van der Waals surface area contributed by atoms with E-state index in [0.29, 0.717) is 30.2 Å². The molecule has 0 aromatic heterocycles. The van der Waals surface area contributed by atoms with Gasteiger partial charge in [-0.1, -0.05) is 0 Å². The Hall–Kier alpha value is -2.89. The Morgan fingerprint density at radius 3 is 1.93 bits per heavy atom. The second kappa shape index (κ2) is 7.26. The number of hydrogen-bond donors (Lipinski definition) is 0. The molecule has 2 aliphatic rings. The second-order valence-electron chi connectivity index (χ2n) is 7.12. The Morgan fingerprint density at radius 1 is 0.786 bits per heavy atom. The average Bonchev–Trinajstić information content (AvgIpc) is 2.86. The molecule has 2 aliphatic heterocycles. The minimum atomic E-state index is -0.0320. The van der Waals surface area contributed by atoms with E-state index in [1.54, 1.807) is 28.4 Å². The molecular weight excluding hydrogens is 358 g/mol. The number of rotatable bonds is 4. The molecule has 2 aromatic carbocycles. The third-order valence-electron chi connectivity index (χ3n) is 5.78. The molecule has 6 nitrogen and oxygen atoms in total. The summed E-state index contributed by atoms with van der Waals surface area (Å²) in [5, 5.41) is 0. The molecule has 2 heterocycles. The zero-order chi connectivity index (χ0) is 19.8. The van der Waals surface area contributed by atoms with E-state index in [-0.39, 0.29) is 11.9 Å². The van der Waals surface area contributed by atoms with E-state index < -0.39 is 0 Å². The fraction of sp³-hybridized carbons (Fsp3) is 0.409. The number of carbonyl (C=O) groups is 1. The molecule has 0 saturated carbocycles. The van der Waals surface area contributed by atoms with Crippen molar-refractivity contribution in [3.8, 4) is 23.0 Å². The van der Waals surface area contributed by atoms with Crippen LogP contribution in [0.15, 0.2) is 24.3 Å². The van der Waals surface area contributed by atoms with Gasteiger partial charge in [0.25, 0.3) is 0 Å². The van der Waals surface area contributed by atoms with E-state index >= 15 is 0 Å². The number of fused-ring (bicyclic) bond motifs is 4. The maximum Gasteiger partial charge on any atom is 0.227 e. The molecule has 148 valence electrons. The summed E-state index contributed by atoms with van der Waals surface area (Å²) in [6, 6.07) is 7.95. The molecule has 1 atom stereocenters. The summed E-state index contributed by atoms with van der Waals surface area (Å²) in [6.45, 7) is 0.703. The van der Waals surface area contributed by atoms with E-state index in [4.69, 9.17) is 18.9 Å². The summed E-state index contributed by atoms with van der Waals surface area (Å²) in [7, 11) is 6.52. The van der Waals surface area contributed by atoms with Gasteiger partial charge in [-0.25, -0.2) is 0 Å². The highest BCUT2D eigenvalue weighted by Gasteiger charge is 2.35. The standard InChI is InChI=1S/C22H25NO5/c1-25-18-8-13-5-6-23-17(16(13)12-21(18)28-4)7-14-9-19(26-2)20(27-3)10-15(14)11-22(23)24/h8-10,12,17H,5-7,11H2,1-4H3. The highest BCUT2D eigenvalue weighted by molar-refractivity contribution is 5.81. The van der Waals surface area contributed by atoms with Crippen molar-refractivity contribution >= 4 is 5.91 Å². The fourth-order valence-corrected chi connectivity index (χ4v) is 4.34. The van der Waals surface area contributed by atoms with Gasteiger partial charge in [0.2, 0.25) is 5.91 Å². The SMILES string of the molecule is COc1cc2c(cc1OC)CC1c3cc(OC)c(OC)cc3CCN1C(=O)C2. The molecule has 4 rings (SSSR count). The first kappa shape index (κ1) is 18.5. The van der Waals surface area contributed by atoms with E-state index in [0.717, 1.165) is 35.3 Å². The number of amides is 1. The molecule has 0 saturated heterocycles. The van der Waals surface area contributed by atoms with Gasteiger partial charge in [0, 0.05) is 6.54 Å². The van der Waals surface area contributed by atoms with Crippen LogP contribution in [0.3, 0.4) is 0 Å². The molecule has 0 N–H and O–H groups in total. The molecule has 0 radical (unpaired) electrons. The first-order valence-corrected chi connectivity index (χ1v) is 9.37. The Kier molecular flexibility index (Phi) is 4.79. The summed E-state index contributed by atoms with van der Waals surface area (Å²) in [5.41, 5.74) is 4.44. The van der Waals surface area contributed by atoms with Gasteiger partial charge in [0.15, 0.2) is 23.0 Å². The normalized spacial score (nSPS) is 17.8. The quantitative estimate of drug-likeness (QED) is 0.813.